The highest BCUT2D eigenvalue weighted by molar-refractivity contribution is 6.26. The predicted molar refractivity (Wildman–Crippen MR) is 62.0 cm³/mol. The zero-order chi connectivity index (χ0) is 10.3. The average molecular weight is 223 g/mol. The van der Waals surface area contributed by atoms with Crippen molar-refractivity contribution >= 4 is 26.2 Å². The van der Waals surface area contributed by atoms with Gasteiger partial charge in [0.2, 0.25) is 0 Å². The van der Waals surface area contributed by atoms with Crippen molar-refractivity contribution < 1.29 is 15.0 Å². The molecule has 2 N–H and O–H groups in total. The van der Waals surface area contributed by atoms with Crippen LogP contribution in [0, 0.1) is 0 Å². The molecule has 0 spiro atoms. The van der Waals surface area contributed by atoms with Crippen LogP contribution in [-0.2, 0) is 4.79 Å². The lowest BCUT2D eigenvalue weighted by Crippen LogP contribution is -2.24. The quantitative estimate of drug-likeness (QED) is 0.638. The van der Waals surface area contributed by atoms with E-state index >= 15 is 0 Å². The van der Waals surface area contributed by atoms with Crippen molar-refractivity contribution in [3.05, 3.63) is 0 Å². The van der Waals surface area contributed by atoms with Crippen LogP contribution in [0.2, 0.25) is 5.31 Å². The van der Waals surface area contributed by atoms with Crippen molar-refractivity contribution in [1.29, 1.82) is 0 Å². The molecular formula is C9H20BClO3. The molecule has 0 saturated heterocycles. The van der Waals surface area contributed by atoms with Crippen molar-refractivity contribution in [3.8, 4) is 0 Å². The molecule has 0 aromatic carbocycles. The van der Waals surface area contributed by atoms with E-state index in [1.807, 2.05) is 6.92 Å². The Morgan fingerprint density at radius 3 is 2.21 bits per heavy atom. The topological polar surface area (TPSA) is 57.5 Å². The second-order valence-corrected chi connectivity index (χ2v) is 3.80. The molecule has 0 aliphatic rings. The Balaban J connectivity index is 0. The number of aliphatic hydroxyl groups excluding tert-OH is 1. The zero-order valence-corrected chi connectivity index (χ0v) is 9.77. The van der Waals surface area contributed by atoms with Crippen molar-refractivity contribution in [2.45, 2.75) is 44.3 Å². The normalized spacial score (nSPS) is 14.1. The fourth-order valence-electron chi connectivity index (χ4n) is 1.38. The molecule has 0 rings (SSSR count). The van der Waals surface area contributed by atoms with Gasteiger partial charge in [-0.3, -0.25) is 4.79 Å². The molecule has 1 unspecified atom stereocenters. The molecule has 1 atom stereocenters. The lowest BCUT2D eigenvalue weighted by Gasteiger charge is -2.24. The predicted octanol–water partition coefficient (Wildman–Crippen LogP) is 1.25. The fraction of sp³-hybridized carbons (Fsp3) is 0.889. The molecule has 0 heterocycles. The van der Waals surface area contributed by atoms with Crippen LogP contribution in [-0.4, -0.2) is 30.6 Å². The van der Waals surface area contributed by atoms with E-state index in [0.717, 1.165) is 12.8 Å². The summed E-state index contributed by atoms with van der Waals surface area (Å²) in [5, 5.41) is 17.0. The van der Waals surface area contributed by atoms with Gasteiger partial charge in [-0.05, 0) is 19.3 Å². The maximum Gasteiger partial charge on any atom is 0.301 e. The molecule has 0 aliphatic carbocycles. The van der Waals surface area contributed by atoms with Crippen LogP contribution in [0.15, 0.2) is 0 Å². The van der Waals surface area contributed by atoms with Crippen LogP contribution in [0.25, 0.3) is 0 Å². The second-order valence-electron chi connectivity index (χ2n) is 3.80. The molecule has 84 valence electrons. The third-order valence-electron chi connectivity index (χ3n) is 2.49. The standard InChI is InChI=1S/C9H19BO3.ClH/c1-2-3-5-9(10,8(12)13)6-4-7-11;/h11H,2-7,10H2,1H3,(H,12,13);1H. The number of aliphatic hydroxyl groups is 1. The van der Waals surface area contributed by atoms with Gasteiger partial charge < -0.3 is 10.2 Å². The minimum atomic E-state index is -0.741. The highest BCUT2D eigenvalue weighted by Crippen LogP contribution is 2.34. The van der Waals surface area contributed by atoms with Crippen LogP contribution in [0.1, 0.15) is 39.0 Å². The van der Waals surface area contributed by atoms with Crippen LogP contribution in [0.5, 0.6) is 0 Å². The Kier molecular flexibility index (Phi) is 9.41. The number of carboxylic acid groups (broad SMARTS) is 1. The summed E-state index contributed by atoms with van der Waals surface area (Å²) < 4.78 is 0. The number of rotatable bonds is 7. The number of halogens is 1. The number of hydrogen-bond acceptors (Lipinski definition) is 2. The first-order chi connectivity index (χ1) is 6.06. The SMILES string of the molecule is BC(CCCC)(CCCO)C(=O)O.Cl. The van der Waals surface area contributed by atoms with Crippen molar-refractivity contribution in [2.24, 2.45) is 0 Å². The van der Waals surface area contributed by atoms with E-state index in [9.17, 15) is 4.79 Å². The van der Waals surface area contributed by atoms with E-state index in [1.165, 1.54) is 0 Å². The van der Waals surface area contributed by atoms with Gasteiger partial charge in [0.1, 0.15) is 7.85 Å². The molecule has 0 radical (unpaired) electrons. The van der Waals surface area contributed by atoms with Crippen molar-refractivity contribution in [1.82, 2.24) is 0 Å². The number of unbranched alkanes of at least 4 members (excludes halogenated alkanes) is 1. The van der Waals surface area contributed by atoms with Gasteiger partial charge >= 0.3 is 5.97 Å². The fourth-order valence-corrected chi connectivity index (χ4v) is 1.38. The molecule has 5 heteroatoms. The van der Waals surface area contributed by atoms with E-state index in [1.54, 1.807) is 7.85 Å². The third-order valence-corrected chi connectivity index (χ3v) is 2.49. The Morgan fingerprint density at radius 2 is 1.86 bits per heavy atom. The summed E-state index contributed by atoms with van der Waals surface area (Å²) in [4.78, 5) is 11.0. The molecule has 0 fully saturated rings. The first kappa shape index (κ1) is 16.2. The summed E-state index contributed by atoms with van der Waals surface area (Å²) in [5.41, 5.74) is 0. The van der Waals surface area contributed by atoms with Crippen LogP contribution < -0.4 is 0 Å². The van der Waals surface area contributed by atoms with Crippen LogP contribution in [0.3, 0.4) is 0 Å². The van der Waals surface area contributed by atoms with Gasteiger partial charge in [0.25, 0.3) is 0 Å². The Hall–Kier alpha value is -0.215. The maximum absolute atomic E-state index is 11.0. The number of carbonyl (C=O) groups is 1. The number of hydrogen-bond donors (Lipinski definition) is 2. The second kappa shape index (κ2) is 8.12. The van der Waals surface area contributed by atoms with E-state index in [-0.39, 0.29) is 19.0 Å². The van der Waals surface area contributed by atoms with E-state index in [2.05, 4.69) is 0 Å². The molecule has 0 bridgehead atoms. The van der Waals surface area contributed by atoms with E-state index < -0.39 is 11.3 Å². The number of aliphatic carboxylic acids is 1. The van der Waals surface area contributed by atoms with Crippen LogP contribution >= 0.6 is 12.4 Å². The summed E-state index contributed by atoms with van der Waals surface area (Å²) in [6.07, 6.45) is 3.81. The van der Waals surface area contributed by atoms with Gasteiger partial charge in [-0.15, -0.1) is 12.4 Å². The van der Waals surface area contributed by atoms with Crippen LogP contribution in [0.4, 0.5) is 0 Å². The molecule has 14 heavy (non-hydrogen) atoms. The van der Waals surface area contributed by atoms with Gasteiger partial charge in [-0.25, -0.2) is 0 Å². The lowest BCUT2D eigenvalue weighted by atomic mass is 9.63. The number of carboxylic acids is 1. The zero-order valence-electron chi connectivity index (χ0n) is 8.95. The summed E-state index contributed by atoms with van der Waals surface area (Å²) in [7, 11) is 1.76. The molecule has 0 aromatic heterocycles. The van der Waals surface area contributed by atoms with Gasteiger partial charge in [-0.2, -0.15) is 0 Å². The monoisotopic (exact) mass is 222 g/mol. The van der Waals surface area contributed by atoms with E-state index in [0.29, 0.717) is 19.3 Å². The molecule has 0 amide bonds. The highest BCUT2D eigenvalue weighted by atomic mass is 35.5. The minimum Gasteiger partial charge on any atom is -0.481 e. The maximum atomic E-state index is 11.0. The van der Waals surface area contributed by atoms with Gasteiger partial charge in [0.05, 0.1) is 0 Å². The van der Waals surface area contributed by atoms with Crippen molar-refractivity contribution in [2.75, 3.05) is 6.61 Å². The highest BCUT2D eigenvalue weighted by Gasteiger charge is 2.31. The molecular weight excluding hydrogens is 202 g/mol. The largest absolute Gasteiger partial charge is 0.481 e. The third kappa shape index (κ3) is 5.50. The Labute approximate surface area is 92.7 Å². The Morgan fingerprint density at radius 1 is 1.36 bits per heavy atom. The molecule has 0 aliphatic heterocycles. The van der Waals surface area contributed by atoms with Gasteiger partial charge in [-0.1, -0.05) is 19.8 Å². The molecule has 0 aromatic rings. The smallest absolute Gasteiger partial charge is 0.301 e. The molecule has 0 saturated carbocycles. The summed E-state index contributed by atoms with van der Waals surface area (Å²) in [6.45, 7) is 2.13. The van der Waals surface area contributed by atoms with Gasteiger partial charge in [0.15, 0.2) is 0 Å². The average Bonchev–Trinajstić information content (AvgIpc) is 2.11. The van der Waals surface area contributed by atoms with Crippen molar-refractivity contribution in [3.63, 3.8) is 0 Å². The first-order valence-corrected chi connectivity index (χ1v) is 4.91. The summed E-state index contributed by atoms with van der Waals surface area (Å²) in [6, 6.07) is 0. The molecule has 3 nitrogen and oxygen atoms in total. The van der Waals surface area contributed by atoms with E-state index in [4.69, 9.17) is 10.2 Å². The minimum absolute atomic E-state index is 0. The summed E-state index contributed by atoms with van der Waals surface area (Å²) in [5.74, 6) is -0.741. The lowest BCUT2D eigenvalue weighted by molar-refractivity contribution is -0.141. The summed E-state index contributed by atoms with van der Waals surface area (Å²) >= 11 is 0. The Bertz CT molecular complexity index is 156. The first-order valence-electron chi connectivity index (χ1n) is 4.91. The van der Waals surface area contributed by atoms with Gasteiger partial charge in [0, 0.05) is 11.9 Å².